The maximum absolute atomic E-state index is 13.7. The molecule has 0 saturated carbocycles. The van der Waals surface area contributed by atoms with Gasteiger partial charge in [0.15, 0.2) is 0 Å². The molecule has 0 atom stereocenters. The molecule has 3 nitrogen and oxygen atoms in total. The van der Waals surface area contributed by atoms with E-state index >= 15 is 0 Å². The van der Waals surface area contributed by atoms with E-state index in [0.717, 1.165) is 12.1 Å². The van der Waals surface area contributed by atoms with Gasteiger partial charge in [0.1, 0.15) is 17.4 Å². The summed E-state index contributed by atoms with van der Waals surface area (Å²) in [5.74, 6) is -0.691. The number of ether oxygens (including phenoxy) is 1. The van der Waals surface area contributed by atoms with Crippen molar-refractivity contribution in [2.75, 3.05) is 18.2 Å². The van der Waals surface area contributed by atoms with Crippen LogP contribution in [0.25, 0.3) is 0 Å². The van der Waals surface area contributed by atoms with E-state index in [0.29, 0.717) is 17.1 Å². The minimum Gasteiger partial charge on any atom is -0.495 e. The lowest BCUT2D eigenvalue weighted by molar-refractivity contribution is 0.417. The number of rotatable bonds is 3. The Hall–Kier alpha value is -1.82. The first-order chi connectivity index (χ1) is 9.02. The van der Waals surface area contributed by atoms with Gasteiger partial charge in [0, 0.05) is 6.07 Å². The first kappa shape index (κ1) is 13.6. The summed E-state index contributed by atoms with van der Waals surface area (Å²) < 4.78 is 32.2. The summed E-state index contributed by atoms with van der Waals surface area (Å²) >= 11 is 2.92. The molecule has 0 saturated heterocycles. The minimum absolute atomic E-state index is 0.000605. The molecule has 0 aliphatic heterocycles. The third kappa shape index (κ3) is 2.78. The summed E-state index contributed by atoms with van der Waals surface area (Å²) in [5.41, 5.74) is 6.62. The maximum Gasteiger partial charge on any atom is 0.147 e. The molecule has 3 N–H and O–H groups in total. The normalized spacial score (nSPS) is 10.3. The van der Waals surface area contributed by atoms with Crippen molar-refractivity contribution < 1.29 is 13.5 Å². The fraction of sp³-hybridized carbons (Fsp3) is 0.0769. The molecule has 0 amide bonds. The van der Waals surface area contributed by atoms with Crippen LogP contribution in [0.3, 0.4) is 0 Å². The molecule has 0 aliphatic rings. The van der Waals surface area contributed by atoms with Crippen LogP contribution < -0.4 is 15.8 Å². The first-order valence-electron chi connectivity index (χ1n) is 5.37. The Kier molecular flexibility index (Phi) is 3.90. The van der Waals surface area contributed by atoms with Crippen LogP contribution in [-0.4, -0.2) is 7.11 Å². The summed E-state index contributed by atoms with van der Waals surface area (Å²) in [5, 5.41) is 2.74. The van der Waals surface area contributed by atoms with Crippen molar-refractivity contribution in [2.24, 2.45) is 0 Å². The first-order valence-corrected chi connectivity index (χ1v) is 6.16. The molecule has 0 aromatic heterocycles. The van der Waals surface area contributed by atoms with Crippen LogP contribution in [0.15, 0.2) is 34.8 Å². The molecule has 0 bridgehead atoms. The number of methoxy groups -OCH3 is 1. The van der Waals surface area contributed by atoms with Crippen molar-refractivity contribution in [3.05, 3.63) is 46.4 Å². The lowest BCUT2D eigenvalue weighted by Gasteiger charge is -2.13. The maximum atomic E-state index is 13.7. The number of nitrogens with one attached hydrogen (secondary N) is 1. The molecule has 0 radical (unpaired) electrons. The standard InChI is InChI=1S/C13H11BrF2N2O/c1-19-12-4-2-3-10(13(12)17)18-11-6-8(15)7(14)5-9(11)16/h2-6,18H,17H2,1H3. The smallest absolute Gasteiger partial charge is 0.147 e. The predicted octanol–water partition coefficient (Wildman–Crippen LogP) is 4.06. The van der Waals surface area contributed by atoms with Crippen LogP contribution in [0.5, 0.6) is 5.75 Å². The van der Waals surface area contributed by atoms with Crippen LogP contribution in [0.2, 0.25) is 0 Å². The average molecular weight is 329 g/mol. The van der Waals surface area contributed by atoms with E-state index in [1.165, 1.54) is 7.11 Å². The second-order valence-electron chi connectivity index (χ2n) is 3.79. The third-order valence-electron chi connectivity index (χ3n) is 2.57. The van der Waals surface area contributed by atoms with E-state index in [1.54, 1.807) is 18.2 Å². The van der Waals surface area contributed by atoms with E-state index in [9.17, 15) is 8.78 Å². The quantitative estimate of drug-likeness (QED) is 0.659. The number of para-hydroxylation sites is 1. The number of benzene rings is 2. The number of hydrogen-bond acceptors (Lipinski definition) is 3. The topological polar surface area (TPSA) is 47.3 Å². The summed E-state index contributed by atoms with van der Waals surface area (Å²) in [6.45, 7) is 0. The van der Waals surface area contributed by atoms with Crippen LogP contribution >= 0.6 is 15.9 Å². The van der Waals surface area contributed by atoms with Crippen LogP contribution in [0.4, 0.5) is 25.8 Å². The second kappa shape index (κ2) is 5.44. The minimum atomic E-state index is -0.588. The van der Waals surface area contributed by atoms with Gasteiger partial charge < -0.3 is 15.8 Å². The molecule has 0 unspecified atom stereocenters. The summed E-state index contributed by atoms with van der Waals surface area (Å²) in [4.78, 5) is 0. The number of halogens is 3. The number of nitrogen functional groups attached to an aromatic ring is 1. The predicted molar refractivity (Wildman–Crippen MR) is 74.7 cm³/mol. The van der Waals surface area contributed by atoms with Gasteiger partial charge in [-0.2, -0.15) is 0 Å². The van der Waals surface area contributed by atoms with E-state index in [2.05, 4.69) is 21.2 Å². The Balaban J connectivity index is 2.39. The fourth-order valence-electron chi connectivity index (χ4n) is 1.59. The number of nitrogens with two attached hydrogens (primary N) is 1. The van der Waals surface area contributed by atoms with E-state index in [4.69, 9.17) is 10.5 Å². The van der Waals surface area contributed by atoms with Gasteiger partial charge in [-0.1, -0.05) is 6.07 Å². The zero-order valence-corrected chi connectivity index (χ0v) is 11.6. The Morgan fingerprint density at radius 3 is 2.58 bits per heavy atom. The van der Waals surface area contributed by atoms with Gasteiger partial charge >= 0.3 is 0 Å². The second-order valence-corrected chi connectivity index (χ2v) is 4.65. The Bertz CT molecular complexity index is 620. The van der Waals surface area contributed by atoms with Crippen molar-refractivity contribution >= 4 is 33.0 Å². The Morgan fingerprint density at radius 2 is 1.89 bits per heavy atom. The SMILES string of the molecule is COc1cccc(Nc2cc(F)c(Br)cc2F)c1N. The van der Waals surface area contributed by atoms with Gasteiger partial charge in [-0.3, -0.25) is 0 Å². The molecule has 0 aliphatic carbocycles. The van der Waals surface area contributed by atoms with Crippen molar-refractivity contribution in [3.8, 4) is 5.75 Å². The molecular formula is C13H11BrF2N2O. The van der Waals surface area contributed by atoms with Crippen LogP contribution in [0, 0.1) is 11.6 Å². The zero-order chi connectivity index (χ0) is 14.0. The fourth-order valence-corrected chi connectivity index (χ4v) is 1.91. The Morgan fingerprint density at radius 1 is 1.16 bits per heavy atom. The number of anilines is 3. The third-order valence-corrected chi connectivity index (χ3v) is 3.17. The summed E-state index contributed by atoms with van der Waals surface area (Å²) in [7, 11) is 1.48. The molecule has 6 heteroatoms. The highest BCUT2D eigenvalue weighted by atomic mass is 79.9. The molecule has 2 aromatic rings. The van der Waals surface area contributed by atoms with Gasteiger partial charge in [-0.25, -0.2) is 8.78 Å². The molecule has 0 spiro atoms. The van der Waals surface area contributed by atoms with Gasteiger partial charge in [-0.15, -0.1) is 0 Å². The average Bonchev–Trinajstić information content (AvgIpc) is 2.38. The molecule has 0 fully saturated rings. The molecule has 100 valence electrons. The van der Waals surface area contributed by atoms with E-state index in [1.807, 2.05) is 0 Å². The molecular weight excluding hydrogens is 318 g/mol. The van der Waals surface area contributed by atoms with Crippen molar-refractivity contribution in [1.82, 2.24) is 0 Å². The van der Waals surface area contributed by atoms with Gasteiger partial charge in [0.25, 0.3) is 0 Å². The highest BCUT2D eigenvalue weighted by molar-refractivity contribution is 9.10. The molecule has 19 heavy (non-hydrogen) atoms. The summed E-state index contributed by atoms with van der Waals surface area (Å²) in [6.07, 6.45) is 0. The van der Waals surface area contributed by atoms with Gasteiger partial charge in [-0.05, 0) is 34.1 Å². The molecule has 2 rings (SSSR count). The Labute approximate surface area is 117 Å². The summed E-state index contributed by atoms with van der Waals surface area (Å²) in [6, 6.07) is 7.13. The molecule has 2 aromatic carbocycles. The van der Waals surface area contributed by atoms with Gasteiger partial charge in [0.2, 0.25) is 0 Å². The van der Waals surface area contributed by atoms with E-state index in [-0.39, 0.29) is 10.2 Å². The highest BCUT2D eigenvalue weighted by Crippen LogP contribution is 2.33. The zero-order valence-electron chi connectivity index (χ0n) is 10.0. The lowest BCUT2D eigenvalue weighted by Crippen LogP contribution is -2.01. The number of hydrogen-bond donors (Lipinski definition) is 2. The van der Waals surface area contributed by atoms with Gasteiger partial charge in [0.05, 0.1) is 28.6 Å². The van der Waals surface area contributed by atoms with Crippen molar-refractivity contribution in [1.29, 1.82) is 0 Å². The lowest BCUT2D eigenvalue weighted by atomic mass is 10.2. The van der Waals surface area contributed by atoms with Crippen molar-refractivity contribution in [2.45, 2.75) is 0 Å². The van der Waals surface area contributed by atoms with Crippen LogP contribution in [0.1, 0.15) is 0 Å². The van der Waals surface area contributed by atoms with Crippen LogP contribution in [-0.2, 0) is 0 Å². The van der Waals surface area contributed by atoms with E-state index < -0.39 is 11.6 Å². The molecule has 0 heterocycles. The van der Waals surface area contributed by atoms with Crippen molar-refractivity contribution in [3.63, 3.8) is 0 Å². The monoisotopic (exact) mass is 328 g/mol. The largest absolute Gasteiger partial charge is 0.495 e. The highest BCUT2D eigenvalue weighted by Gasteiger charge is 2.11.